The van der Waals surface area contributed by atoms with Crippen molar-refractivity contribution >= 4 is 71.4 Å². The van der Waals surface area contributed by atoms with Gasteiger partial charge in [0.15, 0.2) is 0 Å². The van der Waals surface area contributed by atoms with Crippen molar-refractivity contribution in [3.05, 3.63) is 260 Å². The minimum absolute atomic E-state index is 0.984. The van der Waals surface area contributed by atoms with Crippen LogP contribution in [0, 0.1) is 0 Å². The number of para-hydroxylation sites is 4. The van der Waals surface area contributed by atoms with Crippen molar-refractivity contribution in [1.29, 1.82) is 0 Å². The molecule has 0 saturated heterocycles. The van der Waals surface area contributed by atoms with Crippen LogP contribution in [0.1, 0.15) is 11.1 Å². The van der Waals surface area contributed by atoms with Crippen molar-refractivity contribution in [3.8, 4) is 44.8 Å². The first kappa shape index (κ1) is 38.4. The highest BCUT2D eigenvalue weighted by molar-refractivity contribution is 6.23. The summed E-state index contributed by atoms with van der Waals surface area (Å²) in [4.78, 5) is 2.37. The van der Waals surface area contributed by atoms with Gasteiger partial charge in [0.05, 0.1) is 22.1 Å². The predicted molar refractivity (Wildman–Crippen MR) is 286 cm³/mol. The SMILES string of the molecule is c1ccc(N(c2ccc(-c3cccc(-c4ccc5c(c4)c4c6cc7c(cc6ccc4n5-c4ccccc4)Cc4ccccc4-7)c3)cc2)c2ccc3c4ccccc4n(-c4ccccc4)c3c2)cc1. The quantitative estimate of drug-likeness (QED) is 0.156. The highest BCUT2D eigenvalue weighted by Gasteiger charge is 2.23. The lowest BCUT2D eigenvalue weighted by atomic mass is 9.95. The molecule has 1 aliphatic carbocycles. The molecule has 0 spiro atoms. The molecule has 2 aromatic heterocycles. The fraction of sp³-hybridized carbons (Fsp3) is 0.0154. The zero-order valence-electron chi connectivity index (χ0n) is 37.2. The second kappa shape index (κ2) is 15.3. The van der Waals surface area contributed by atoms with Gasteiger partial charge in [-0.1, -0.05) is 152 Å². The van der Waals surface area contributed by atoms with Crippen molar-refractivity contribution in [3.63, 3.8) is 0 Å². The molecule has 68 heavy (non-hydrogen) atoms. The van der Waals surface area contributed by atoms with E-state index in [0.717, 1.165) is 29.2 Å². The molecular formula is C65H43N3. The van der Waals surface area contributed by atoms with E-state index in [4.69, 9.17) is 0 Å². The van der Waals surface area contributed by atoms with E-state index in [2.05, 4.69) is 263 Å². The summed E-state index contributed by atoms with van der Waals surface area (Å²) < 4.78 is 4.83. The third-order valence-corrected chi connectivity index (χ3v) is 14.3. The number of nitrogens with zero attached hydrogens (tertiary/aromatic N) is 3. The fourth-order valence-electron chi connectivity index (χ4n) is 11.2. The van der Waals surface area contributed by atoms with Gasteiger partial charge in [-0.2, -0.15) is 0 Å². The van der Waals surface area contributed by atoms with E-state index >= 15 is 0 Å². The summed E-state index contributed by atoms with van der Waals surface area (Å²) in [6, 6.07) is 91.3. The summed E-state index contributed by atoms with van der Waals surface area (Å²) in [5, 5.41) is 7.63. The average Bonchev–Trinajstić information content (AvgIpc) is 4.06. The Morgan fingerprint density at radius 3 is 1.68 bits per heavy atom. The van der Waals surface area contributed by atoms with E-state index < -0.39 is 0 Å². The first-order valence-corrected chi connectivity index (χ1v) is 23.5. The van der Waals surface area contributed by atoms with E-state index in [1.165, 1.54) is 105 Å². The number of hydrogen-bond acceptors (Lipinski definition) is 1. The first-order valence-electron chi connectivity index (χ1n) is 23.5. The van der Waals surface area contributed by atoms with Crippen molar-refractivity contribution in [1.82, 2.24) is 9.13 Å². The average molecular weight is 866 g/mol. The van der Waals surface area contributed by atoms with Gasteiger partial charge in [0.2, 0.25) is 0 Å². The Labute approximate surface area is 394 Å². The Hall–Kier alpha value is -8.92. The lowest BCUT2D eigenvalue weighted by Gasteiger charge is -2.26. The van der Waals surface area contributed by atoms with Crippen LogP contribution in [-0.4, -0.2) is 9.13 Å². The molecule has 318 valence electrons. The highest BCUT2D eigenvalue weighted by atomic mass is 15.1. The van der Waals surface area contributed by atoms with Crippen LogP contribution in [0.4, 0.5) is 17.1 Å². The first-order chi connectivity index (χ1) is 33.7. The molecule has 14 rings (SSSR count). The van der Waals surface area contributed by atoms with Crippen LogP contribution in [0.15, 0.2) is 249 Å². The molecule has 1 aliphatic rings. The third-order valence-electron chi connectivity index (χ3n) is 14.3. The van der Waals surface area contributed by atoms with Crippen LogP contribution >= 0.6 is 0 Å². The molecule has 0 atom stereocenters. The van der Waals surface area contributed by atoms with Crippen LogP contribution in [0.25, 0.3) is 99.1 Å². The lowest BCUT2D eigenvalue weighted by molar-refractivity contribution is 1.18. The normalized spacial score (nSPS) is 12.1. The predicted octanol–water partition coefficient (Wildman–Crippen LogP) is 17.4. The summed E-state index contributed by atoms with van der Waals surface area (Å²) >= 11 is 0. The van der Waals surface area contributed by atoms with Gasteiger partial charge in [0.25, 0.3) is 0 Å². The number of benzene rings is 11. The van der Waals surface area contributed by atoms with Gasteiger partial charge in [-0.3, -0.25) is 0 Å². The van der Waals surface area contributed by atoms with Gasteiger partial charge in [-0.05, 0) is 159 Å². The second-order valence-corrected chi connectivity index (χ2v) is 18.1. The lowest BCUT2D eigenvalue weighted by Crippen LogP contribution is -2.10. The van der Waals surface area contributed by atoms with E-state index in [0.29, 0.717) is 0 Å². The standard InChI is InChI=1S/C65H43N3/c1-4-18-50(19-5-1)66(54-33-34-57-56-25-12-13-26-61(56)68(64(57)41-54)52-22-8-3-9-23-52)53-31-27-43(28-32-53)44-16-14-17-45(37-44)46-29-35-62-60(40-46)65-59-42-58-49(38-47-15-10-11-24-55(47)58)39-48(59)30-36-63(65)67(62)51-20-6-2-7-21-51/h1-37,39-42H,38H2. The monoisotopic (exact) mass is 865 g/mol. The van der Waals surface area contributed by atoms with Crippen LogP contribution in [0.2, 0.25) is 0 Å². The molecule has 0 bridgehead atoms. The Morgan fingerprint density at radius 2 is 0.882 bits per heavy atom. The number of rotatable bonds is 7. The molecular weight excluding hydrogens is 823 g/mol. The maximum atomic E-state index is 2.46. The van der Waals surface area contributed by atoms with Crippen LogP contribution in [0.3, 0.4) is 0 Å². The van der Waals surface area contributed by atoms with Crippen molar-refractivity contribution < 1.29 is 0 Å². The summed E-state index contributed by atoms with van der Waals surface area (Å²) in [5.74, 6) is 0. The number of aromatic nitrogens is 2. The van der Waals surface area contributed by atoms with E-state index in [9.17, 15) is 0 Å². The molecule has 3 nitrogen and oxygen atoms in total. The largest absolute Gasteiger partial charge is 0.310 e. The number of anilines is 3. The van der Waals surface area contributed by atoms with E-state index in [1.807, 2.05) is 0 Å². The molecule has 0 saturated carbocycles. The Kier molecular flexibility index (Phi) is 8.65. The van der Waals surface area contributed by atoms with Gasteiger partial charge in [0.1, 0.15) is 0 Å². The molecule has 0 aliphatic heterocycles. The number of fused-ring (bicyclic) bond motifs is 11. The summed E-state index contributed by atoms with van der Waals surface area (Å²) in [6.45, 7) is 0. The van der Waals surface area contributed by atoms with Crippen molar-refractivity contribution in [2.45, 2.75) is 6.42 Å². The van der Waals surface area contributed by atoms with Gasteiger partial charge >= 0.3 is 0 Å². The Bertz CT molecular complexity index is 4090. The fourth-order valence-corrected chi connectivity index (χ4v) is 11.2. The molecule has 0 N–H and O–H groups in total. The zero-order valence-corrected chi connectivity index (χ0v) is 37.2. The minimum atomic E-state index is 0.984. The summed E-state index contributed by atoms with van der Waals surface area (Å²) in [7, 11) is 0. The maximum Gasteiger partial charge on any atom is 0.0561 e. The highest BCUT2D eigenvalue weighted by Crippen LogP contribution is 2.45. The molecule has 2 heterocycles. The summed E-state index contributed by atoms with van der Waals surface area (Å²) in [6.07, 6.45) is 0.984. The molecule has 11 aromatic carbocycles. The van der Waals surface area contributed by atoms with Crippen LogP contribution in [0.5, 0.6) is 0 Å². The third kappa shape index (κ3) is 6.06. The summed E-state index contributed by atoms with van der Waals surface area (Å²) in [5.41, 5.74) is 20.7. The zero-order chi connectivity index (χ0) is 44.7. The number of hydrogen-bond donors (Lipinski definition) is 0. The molecule has 0 amide bonds. The van der Waals surface area contributed by atoms with E-state index in [-0.39, 0.29) is 0 Å². The second-order valence-electron chi connectivity index (χ2n) is 18.1. The van der Waals surface area contributed by atoms with Gasteiger partial charge in [-0.25, -0.2) is 0 Å². The van der Waals surface area contributed by atoms with Crippen LogP contribution < -0.4 is 4.90 Å². The van der Waals surface area contributed by atoms with E-state index in [1.54, 1.807) is 0 Å². The Morgan fingerprint density at radius 1 is 0.294 bits per heavy atom. The molecule has 3 heteroatoms. The van der Waals surface area contributed by atoms with Crippen LogP contribution in [-0.2, 0) is 6.42 Å². The van der Waals surface area contributed by atoms with Crippen molar-refractivity contribution in [2.75, 3.05) is 4.90 Å². The van der Waals surface area contributed by atoms with Crippen molar-refractivity contribution in [2.24, 2.45) is 0 Å². The Balaban J connectivity index is 0.869. The van der Waals surface area contributed by atoms with Gasteiger partial charge < -0.3 is 14.0 Å². The molecule has 0 unspecified atom stereocenters. The topological polar surface area (TPSA) is 13.1 Å². The van der Waals surface area contributed by atoms with Gasteiger partial charge in [0, 0.05) is 50.0 Å². The minimum Gasteiger partial charge on any atom is -0.310 e. The molecule has 0 radical (unpaired) electrons. The smallest absolute Gasteiger partial charge is 0.0561 e. The molecule has 13 aromatic rings. The van der Waals surface area contributed by atoms with Gasteiger partial charge in [-0.15, -0.1) is 0 Å². The molecule has 0 fully saturated rings. The maximum absolute atomic E-state index is 2.46.